The lowest BCUT2D eigenvalue weighted by Crippen LogP contribution is -2.55. The second kappa shape index (κ2) is 7.98. The number of rotatable bonds is 4. The lowest BCUT2D eigenvalue weighted by molar-refractivity contribution is 0.116. The molecule has 0 aliphatic carbocycles. The maximum Gasteiger partial charge on any atom is 0.213 e. The van der Waals surface area contributed by atoms with Crippen molar-refractivity contribution < 1.29 is 4.42 Å². The van der Waals surface area contributed by atoms with Gasteiger partial charge in [-0.1, -0.05) is 20.8 Å². The molecule has 136 valence electrons. The maximum atomic E-state index is 5.80. The topological polar surface area (TPSA) is 68.9 Å². The second-order valence-electron chi connectivity index (χ2n) is 7.57. The van der Waals surface area contributed by atoms with Crippen molar-refractivity contribution in [2.75, 3.05) is 47.3 Å². The summed E-state index contributed by atoms with van der Waals surface area (Å²) in [6.07, 6.45) is 1.81. The summed E-state index contributed by atoms with van der Waals surface area (Å²) in [6.45, 7) is 11.0. The van der Waals surface area contributed by atoms with Gasteiger partial charge in [0.15, 0.2) is 5.96 Å². The van der Waals surface area contributed by atoms with Crippen LogP contribution in [-0.2, 0) is 12.0 Å². The van der Waals surface area contributed by atoms with Crippen molar-refractivity contribution in [3.8, 4) is 0 Å². The molecular formula is C17H32N6O. The number of nitrogens with zero attached hydrogens (tertiary/aromatic N) is 4. The number of hydrogen-bond acceptors (Lipinski definition) is 5. The van der Waals surface area contributed by atoms with E-state index in [9.17, 15) is 0 Å². The number of guanidine groups is 1. The van der Waals surface area contributed by atoms with Crippen molar-refractivity contribution in [1.29, 1.82) is 0 Å². The standard InChI is InChI=1S/C17H32N6O/c1-17(2,3)14-10-19-15(24-14)11-21-16(18-4)20-9-13-12-22(5)7-8-23(13)6/h10,13H,7-9,11-12H2,1-6H3,(H2,18,20,21). The minimum Gasteiger partial charge on any atom is -0.443 e. The summed E-state index contributed by atoms with van der Waals surface area (Å²) in [5.74, 6) is 2.35. The third-order valence-corrected chi connectivity index (χ3v) is 4.41. The smallest absolute Gasteiger partial charge is 0.213 e. The van der Waals surface area contributed by atoms with Crippen LogP contribution in [0.4, 0.5) is 0 Å². The van der Waals surface area contributed by atoms with Crippen LogP contribution in [0.1, 0.15) is 32.4 Å². The molecular weight excluding hydrogens is 304 g/mol. The number of hydrogen-bond donors (Lipinski definition) is 2. The summed E-state index contributed by atoms with van der Waals surface area (Å²) >= 11 is 0. The summed E-state index contributed by atoms with van der Waals surface area (Å²) in [6, 6.07) is 0.483. The van der Waals surface area contributed by atoms with Crippen molar-refractivity contribution in [2.24, 2.45) is 4.99 Å². The molecule has 2 heterocycles. The maximum absolute atomic E-state index is 5.80. The highest BCUT2D eigenvalue weighted by atomic mass is 16.4. The molecule has 0 spiro atoms. The van der Waals surface area contributed by atoms with Gasteiger partial charge in [0.05, 0.1) is 12.7 Å². The molecule has 0 amide bonds. The number of aliphatic imine (C=N–C) groups is 1. The van der Waals surface area contributed by atoms with E-state index in [1.807, 2.05) is 0 Å². The van der Waals surface area contributed by atoms with Crippen molar-refractivity contribution in [3.63, 3.8) is 0 Å². The van der Waals surface area contributed by atoms with Crippen LogP contribution >= 0.6 is 0 Å². The van der Waals surface area contributed by atoms with Gasteiger partial charge in [-0.15, -0.1) is 0 Å². The van der Waals surface area contributed by atoms with Gasteiger partial charge in [0.25, 0.3) is 0 Å². The SMILES string of the molecule is CN=C(NCc1ncc(C(C)(C)C)o1)NCC1CN(C)CCN1C. The molecule has 1 unspecified atom stereocenters. The Bertz CT molecular complexity index is 548. The number of oxazole rings is 1. The lowest BCUT2D eigenvalue weighted by atomic mass is 9.94. The molecule has 1 aromatic rings. The van der Waals surface area contributed by atoms with Crippen LogP contribution in [0.25, 0.3) is 0 Å². The fraction of sp³-hybridized carbons (Fsp3) is 0.765. The third kappa shape index (κ3) is 5.21. The van der Waals surface area contributed by atoms with Gasteiger partial charge in [-0.2, -0.15) is 0 Å². The number of nitrogens with one attached hydrogen (secondary N) is 2. The molecule has 7 nitrogen and oxygen atoms in total. The Morgan fingerprint density at radius 1 is 1.33 bits per heavy atom. The zero-order chi connectivity index (χ0) is 17.7. The van der Waals surface area contributed by atoms with Crippen LogP contribution < -0.4 is 10.6 Å². The van der Waals surface area contributed by atoms with Crippen molar-refractivity contribution >= 4 is 5.96 Å². The van der Waals surface area contributed by atoms with E-state index in [1.165, 1.54) is 0 Å². The lowest BCUT2D eigenvalue weighted by Gasteiger charge is -2.37. The van der Waals surface area contributed by atoms with Crippen molar-refractivity contribution in [1.82, 2.24) is 25.4 Å². The average Bonchev–Trinajstić information content (AvgIpc) is 3.00. The highest BCUT2D eigenvalue weighted by molar-refractivity contribution is 5.79. The van der Waals surface area contributed by atoms with E-state index in [1.54, 1.807) is 13.2 Å². The Morgan fingerprint density at radius 2 is 2.08 bits per heavy atom. The molecule has 1 aliphatic heterocycles. The van der Waals surface area contributed by atoms with Crippen LogP contribution in [0.2, 0.25) is 0 Å². The van der Waals surface area contributed by atoms with Gasteiger partial charge in [-0.05, 0) is 14.1 Å². The first kappa shape index (κ1) is 18.7. The molecule has 1 saturated heterocycles. The van der Waals surface area contributed by atoms with E-state index in [0.717, 1.165) is 37.9 Å². The van der Waals surface area contributed by atoms with Gasteiger partial charge in [-0.3, -0.25) is 9.89 Å². The van der Waals surface area contributed by atoms with Crippen LogP contribution in [0, 0.1) is 0 Å². The first-order valence-corrected chi connectivity index (χ1v) is 8.58. The van der Waals surface area contributed by atoms with Gasteiger partial charge in [0.1, 0.15) is 5.76 Å². The summed E-state index contributed by atoms with van der Waals surface area (Å²) in [7, 11) is 6.13. The molecule has 1 atom stereocenters. The van der Waals surface area contributed by atoms with E-state index in [-0.39, 0.29) is 5.41 Å². The number of piperazine rings is 1. The zero-order valence-electron chi connectivity index (χ0n) is 15.9. The van der Waals surface area contributed by atoms with Crippen molar-refractivity contribution in [3.05, 3.63) is 17.8 Å². The van der Waals surface area contributed by atoms with Gasteiger partial charge in [-0.25, -0.2) is 4.98 Å². The van der Waals surface area contributed by atoms with E-state index in [2.05, 4.69) is 65.3 Å². The Hall–Kier alpha value is -1.60. The molecule has 24 heavy (non-hydrogen) atoms. The van der Waals surface area contributed by atoms with Gasteiger partial charge >= 0.3 is 0 Å². The monoisotopic (exact) mass is 336 g/mol. The predicted molar refractivity (Wildman–Crippen MR) is 97.3 cm³/mol. The molecule has 7 heteroatoms. The molecule has 2 rings (SSSR count). The van der Waals surface area contributed by atoms with Crippen LogP contribution in [0.5, 0.6) is 0 Å². The van der Waals surface area contributed by atoms with Gasteiger partial charge in [0.2, 0.25) is 5.89 Å². The summed E-state index contributed by atoms with van der Waals surface area (Å²) < 4.78 is 5.80. The summed E-state index contributed by atoms with van der Waals surface area (Å²) in [5.41, 5.74) is -0.0250. The van der Waals surface area contributed by atoms with Gasteiger partial charge in [0, 0.05) is 44.7 Å². The summed E-state index contributed by atoms with van der Waals surface area (Å²) in [5, 5.41) is 6.67. The third-order valence-electron chi connectivity index (χ3n) is 4.41. The molecule has 0 bridgehead atoms. The molecule has 1 aromatic heterocycles. The van der Waals surface area contributed by atoms with Crippen LogP contribution in [0.3, 0.4) is 0 Å². The van der Waals surface area contributed by atoms with E-state index in [4.69, 9.17) is 4.42 Å². The Morgan fingerprint density at radius 3 is 2.71 bits per heavy atom. The van der Waals surface area contributed by atoms with Crippen LogP contribution in [0.15, 0.2) is 15.6 Å². The van der Waals surface area contributed by atoms with E-state index in [0.29, 0.717) is 18.5 Å². The highest BCUT2D eigenvalue weighted by Gasteiger charge is 2.22. The molecule has 0 aromatic carbocycles. The largest absolute Gasteiger partial charge is 0.443 e. The van der Waals surface area contributed by atoms with E-state index >= 15 is 0 Å². The Balaban J connectivity index is 1.81. The molecule has 1 fully saturated rings. The fourth-order valence-corrected chi connectivity index (χ4v) is 2.66. The normalized spacial score (nSPS) is 21.1. The number of likely N-dealkylation sites (N-methyl/N-ethyl adjacent to an activating group) is 2. The molecule has 2 N–H and O–H groups in total. The van der Waals surface area contributed by atoms with Crippen LogP contribution in [-0.4, -0.2) is 74.1 Å². The van der Waals surface area contributed by atoms with Gasteiger partial charge < -0.3 is 20.0 Å². The Labute approximate surface area is 145 Å². The van der Waals surface area contributed by atoms with Crippen molar-refractivity contribution in [2.45, 2.75) is 38.8 Å². The molecule has 0 saturated carbocycles. The molecule has 0 radical (unpaired) electrons. The van der Waals surface area contributed by atoms with E-state index < -0.39 is 0 Å². The first-order chi connectivity index (χ1) is 11.3. The minimum absolute atomic E-state index is 0.0250. The predicted octanol–water partition coefficient (Wildman–Crippen LogP) is 0.883. The first-order valence-electron chi connectivity index (χ1n) is 8.58. The quantitative estimate of drug-likeness (QED) is 0.628. The average molecular weight is 336 g/mol. The highest BCUT2D eigenvalue weighted by Crippen LogP contribution is 2.22. The molecule has 1 aliphatic rings. The number of aromatic nitrogens is 1. The minimum atomic E-state index is -0.0250. The second-order valence-corrected chi connectivity index (χ2v) is 7.57. The zero-order valence-corrected chi connectivity index (χ0v) is 15.9. The fourth-order valence-electron chi connectivity index (χ4n) is 2.66. The Kier molecular flexibility index (Phi) is 6.23. The summed E-state index contributed by atoms with van der Waals surface area (Å²) in [4.78, 5) is 13.4.